The number of fused-ring (bicyclic) bond motifs is 1. The Morgan fingerprint density at radius 3 is 2.56 bits per heavy atom. The van der Waals surface area contributed by atoms with Gasteiger partial charge in [-0.3, -0.25) is 9.59 Å². The number of thioether (sulfide) groups is 1. The number of ether oxygens (including phenoxy) is 2. The van der Waals surface area contributed by atoms with Crippen molar-refractivity contribution in [1.29, 1.82) is 0 Å². The fourth-order valence-corrected chi connectivity index (χ4v) is 2.88. The van der Waals surface area contributed by atoms with Crippen molar-refractivity contribution in [2.45, 2.75) is 18.3 Å². The van der Waals surface area contributed by atoms with Crippen LogP contribution in [0, 0.1) is 0 Å². The van der Waals surface area contributed by atoms with Gasteiger partial charge in [0, 0.05) is 11.6 Å². The summed E-state index contributed by atoms with van der Waals surface area (Å²) >= 11 is 0.662. The first-order valence-corrected chi connectivity index (χ1v) is 8.30. The molecular weight excluding hydrogens is 391 g/mol. The zero-order valence-corrected chi connectivity index (χ0v) is 14.5. The van der Waals surface area contributed by atoms with Gasteiger partial charge in [0.15, 0.2) is 17.3 Å². The van der Waals surface area contributed by atoms with Gasteiger partial charge in [0.05, 0.1) is 11.4 Å². The number of ketones is 1. The summed E-state index contributed by atoms with van der Waals surface area (Å²) in [6, 6.07) is 2.88. The van der Waals surface area contributed by atoms with E-state index in [9.17, 15) is 22.8 Å². The Balaban J connectivity index is 1.70. The van der Waals surface area contributed by atoms with E-state index in [1.54, 1.807) is 0 Å². The molecule has 0 spiro atoms. The van der Waals surface area contributed by atoms with E-state index in [0.29, 0.717) is 23.3 Å². The molecule has 13 heteroatoms. The van der Waals surface area contributed by atoms with Gasteiger partial charge in [-0.1, -0.05) is 11.8 Å². The van der Waals surface area contributed by atoms with E-state index in [2.05, 4.69) is 15.5 Å². The molecule has 0 bridgehead atoms. The minimum Gasteiger partial charge on any atom is -0.454 e. The largest absolute Gasteiger partial charge is 0.454 e. The molecule has 3 rings (SSSR count). The van der Waals surface area contributed by atoms with Gasteiger partial charge in [0.25, 0.3) is 5.82 Å². The summed E-state index contributed by atoms with van der Waals surface area (Å²) < 4.78 is 48.5. The Kier molecular flexibility index (Phi) is 4.87. The van der Waals surface area contributed by atoms with Gasteiger partial charge in [-0.05, 0) is 13.0 Å². The van der Waals surface area contributed by atoms with Crippen molar-refractivity contribution in [3.8, 4) is 11.5 Å². The predicted molar refractivity (Wildman–Crippen MR) is 87.1 cm³/mol. The summed E-state index contributed by atoms with van der Waals surface area (Å²) in [4.78, 5) is 23.9. The fourth-order valence-electron chi connectivity index (χ4n) is 2.22. The Morgan fingerprint density at radius 1 is 1.30 bits per heavy atom. The lowest BCUT2D eigenvalue weighted by Gasteiger charge is -2.10. The van der Waals surface area contributed by atoms with Crippen LogP contribution in [0.1, 0.15) is 23.1 Å². The number of nitrogens with two attached hydrogens (primary N) is 1. The predicted octanol–water partition coefficient (Wildman–Crippen LogP) is 1.67. The van der Waals surface area contributed by atoms with Crippen LogP contribution in [0.5, 0.6) is 11.5 Å². The normalized spacial score (nSPS) is 12.9. The Labute approximate surface area is 154 Å². The number of nitrogens with one attached hydrogen (secondary N) is 1. The van der Waals surface area contributed by atoms with Gasteiger partial charge in [-0.2, -0.15) is 13.2 Å². The third-order valence-electron chi connectivity index (χ3n) is 3.42. The average Bonchev–Trinajstić information content (AvgIpc) is 3.17. The van der Waals surface area contributed by atoms with E-state index >= 15 is 0 Å². The minimum absolute atomic E-state index is 0.00632. The number of Topliss-reactive ketones (excluding diaryl/α,β-unsaturated/α-hetero) is 1. The molecule has 9 nitrogen and oxygen atoms in total. The highest BCUT2D eigenvalue weighted by atomic mass is 32.2. The molecule has 27 heavy (non-hydrogen) atoms. The number of rotatable bonds is 5. The third-order valence-corrected chi connectivity index (χ3v) is 4.36. The van der Waals surface area contributed by atoms with E-state index in [1.807, 2.05) is 0 Å². The summed E-state index contributed by atoms with van der Waals surface area (Å²) in [6.45, 7) is 1.31. The van der Waals surface area contributed by atoms with Crippen LogP contribution in [0.2, 0.25) is 0 Å². The van der Waals surface area contributed by atoms with Crippen molar-refractivity contribution >= 4 is 29.1 Å². The molecule has 0 saturated carbocycles. The molecule has 0 unspecified atom stereocenters. The Bertz CT molecular complexity index is 915. The number of carbonyl (C=O) groups is 2. The molecule has 3 N–H and O–H groups in total. The molecule has 0 atom stereocenters. The van der Waals surface area contributed by atoms with Gasteiger partial charge in [0.2, 0.25) is 17.9 Å². The molecule has 0 radical (unpaired) electrons. The summed E-state index contributed by atoms with van der Waals surface area (Å²) in [5.74, 6) is 3.46. The average molecular weight is 403 g/mol. The Morgan fingerprint density at radius 2 is 1.96 bits per heavy atom. The number of aromatic nitrogens is 3. The smallest absolute Gasteiger partial charge is 0.453 e. The van der Waals surface area contributed by atoms with Crippen molar-refractivity contribution in [2.24, 2.45) is 0 Å². The maximum Gasteiger partial charge on any atom is 0.453 e. The van der Waals surface area contributed by atoms with Crippen molar-refractivity contribution in [3.63, 3.8) is 0 Å². The molecule has 1 aliphatic rings. The second kappa shape index (κ2) is 6.98. The van der Waals surface area contributed by atoms with Gasteiger partial charge in [-0.25, -0.2) is 4.68 Å². The summed E-state index contributed by atoms with van der Waals surface area (Å²) in [5.41, 5.74) is 0.404. The number of anilines is 1. The second-order valence-corrected chi connectivity index (χ2v) is 6.26. The summed E-state index contributed by atoms with van der Waals surface area (Å²) in [6.07, 6.45) is -4.76. The van der Waals surface area contributed by atoms with Crippen LogP contribution < -0.4 is 20.6 Å². The van der Waals surface area contributed by atoms with Crippen molar-refractivity contribution in [2.75, 3.05) is 23.7 Å². The minimum atomic E-state index is -4.76. The molecule has 2 heterocycles. The second-order valence-electron chi connectivity index (χ2n) is 5.32. The lowest BCUT2D eigenvalue weighted by Crippen LogP contribution is -2.22. The molecule has 0 saturated heterocycles. The zero-order valence-electron chi connectivity index (χ0n) is 13.7. The highest BCUT2D eigenvalue weighted by molar-refractivity contribution is 7.99. The van der Waals surface area contributed by atoms with Crippen LogP contribution in [-0.4, -0.2) is 39.1 Å². The molecular formula is C14H12F3N5O4S. The number of benzene rings is 1. The topological polar surface area (TPSA) is 121 Å². The van der Waals surface area contributed by atoms with Crippen LogP contribution >= 0.6 is 11.8 Å². The van der Waals surface area contributed by atoms with Crippen LogP contribution in [0.25, 0.3) is 0 Å². The number of alkyl halides is 3. The van der Waals surface area contributed by atoms with Gasteiger partial charge >= 0.3 is 6.18 Å². The number of hydrogen-bond donors (Lipinski definition) is 2. The number of nitrogens with zero attached hydrogens (tertiary/aromatic N) is 3. The zero-order chi connectivity index (χ0) is 19.8. The molecule has 1 amide bonds. The fraction of sp³-hybridized carbons (Fsp3) is 0.286. The number of amides is 1. The van der Waals surface area contributed by atoms with Crippen LogP contribution in [0.4, 0.5) is 18.9 Å². The first-order chi connectivity index (χ1) is 12.7. The van der Waals surface area contributed by atoms with E-state index < -0.39 is 17.9 Å². The highest BCUT2D eigenvalue weighted by Gasteiger charge is 2.38. The van der Waals surface area contributed by atoms with Crippen LogP contribution in [0.15, 0.2) is 17.3 Å². The standard InChI is InChI=1S/C14H12F3N5O4S/c1-6(23)7-2-9-10(26-5-25-9)3-8(7)19-11(24)4-27-13-21-20-12(22(13)18)14(15,16)17/h2-3H,4-5,18H2,1H3,(H,19,24). The lowest BCUT2D eigenvalue weighted by atomic mass is 10.1. The number of carbonyl (C=O) groups excluding carboxylic acids is 2. The van der Waals surface area contributed by atoms with Crippen molar-refractivity contribution in [1.82, 2.24) is 14.9 Å². The lowest BCUT2D eigenvalue weighted by molar-refractivity contribution is -0.146. The molecule has 0 fully saturated rings. The maximum absolute atomic E-state index is 12.6. The van der Waals surface area contributed by atoms with Gasteiger partial charge in [-0.15, -0.1) is 10.2 Å². The van der Waals surface area contributed by atoms with Gasteiger partial charge in [0.1, 0.15) is 0 Å². The first-order valence-electron chi connectivity index (χ1n) is 7.31. The third kappa shape index (κ3) is 3.92. The molecule has 0 aliphatic carbocycles. The van der Waals surface area contributed by atoms with Crippen molar-refractivity contribution < 1.29 is 32.2 Å². The molecule has 1 aromatic heterocycles. The summed E-state index contributed by atoms with van der Waals surface area (Å²) in [7, 11) is 0. The van der Waals surface area contributed by atoms with E-state index in [0.717, 1.165) is 0 Å². The van der Waals surface area contributed by atoms with E-state index in [-0.39, 0.29) is 39.4 Å². The van der Waals surface area contributed by atoms with Crippen molar-refractivity contribution in [3.05, 3.63) is 23.5 Å². The SMILES string of the molecule is CC(=O)c1cc2c(cc1NC(=O)CSc1nnc(C(F)(F)F)n1N)OCO2. The molecule has 144 valence electrons. The highest BCUT2D eigenvalue weighted by Crippen LogP contribution is 2.37. The molecule has 1 aliphatic heterocycles. The number of nitrogen functional groups attached to an aromatic ring is 1. The van der Waals surface area contributed by atoms with E-state index in [4.69, 9.17) is 15.3 Å². The van der Waals surface area contributed by atoms with Crippen LogP contribution in [-0.2, 0) is 11.0 Å². The Hall–Kier alpha value is -2.96. The first kappa shape index (κ1) is 18.8. The molecule has 2 aromatic rings. The monoisotopic (exact) mass is 403 g/mol. The summed E-state index contributed by atoms with van der Waals surface area (Å²) in [5, 5.41) is 8.50. The van der Waals surface area contributed by atoms with E-state index in [1.165, 1.54) is 19.1 Å². The molecule has 1 aromatic carbocycles. The maximum atomic E-state index is 12.6. The van der Waals surface area contributed by atoms with Gasteiger partial charge < -0.3 is 20.6 Å². The number of halogens is 3. The quantitative estimate of drug-likeness (QED) is 0.439. The van der Waals surface area contributed by atoms with Crippen LogP contribution in [0.3, 0.4) is 0 Å². The number of hydrogen-bond acceptors (Lipinski definition) is 8.